The number of alkyl halides is 2. The second-order valence-electron chi connectivity index (χ2n) is 3.85. The predicted octanol–water partition coefficient (Wildman–Crippen LogP) is 1.59. The zero-order chi connectivity index (χ0) is 11.6. The van der Waals surface area contributed by atoms with Crippen molar-refractivity contribution in [2.75, 3.05) is 19.0 Å². The first-order valence-corrected chi connectivity index (χ1v) is 4.57. The van der Waals surface area contributed by atoms with Crippen LogP contribution in [0.1, 0.15) is 12.5 Å². The van der Waals surface area contributed by atoms with Crippen LogP contribution in [0.4, 0.5) is 14.6 Å². The molecule has 3 nitrogen and oxygen atoms in total. The van der Waals surface area contributed by atoms with E-state index in [4.69, 9.17) is 5.73 Å². The molecule has 0 spiro atoms. The van der Waals surface area contributed by atoms with E-state index < -0.39 is 12.0 Å². The third kappa shape index (κ3) is 2.23. The molecule has 1 atom stereocenters. The maximum atomic E-state index is 12.8. The van der Waals surface area contributed by atoms with Gasteiger partial charge >= 0.3 is 0 Å². The highest BCUT2D eigenvalue weighted by Gasteiger charge is 2.35. The second-order valence-corrected chi connectivity index (χ2v) is 3.85. The average molecular weight is 215 g/mol. The van der Waals surface area contributed by atoms with Crippen LogP contribution in [0, 0.1) is 0 Å². The molecular weight excluding hydrogens is 200 g/mol. The van der Waals surface area contributed by atoms with Crippen molar-refractivity contribution in [3.05, 3.63) is 23.9 Å². The molecule has 0 aliphatic carbocycles. The van der Waals surface area contributed by atoms with E-state index in [1.165, 1.54) is 6.92 Å². The molecule has 0 aliphatic rings. The van der Waals surface area contributed by atoms with Crippen LogP contribution in [-0.4, -0.2) is 25.5 Å². The maximum Gasteiger partial charge on any atom is 0.260 e. The number of aromatic nitrogens is 1. The van der Waals surface area contributed by atoms with Crippen molar-refractivity contribution in [2.24, 2.45) is 5.73 Å². The summed E-state index contributed by atoms with van der Waals surface area (Å²) in [5, 5.41) is 0. The smallest absolute Gasteiger partial charge is 0.260 e. The van der Waals surface area contributed by atoms with Crippen LogP contribution in [-0.2, 0) is 5.54 Å². The van der Waals surface area contributed by atoms with Gasteiger partial charge in [0, 0.05) is 25.9 Å². The van der Waals surface area contributed by atoms with Crippen molar-refractivity contribution in [1.82, 2.24) is 4.98 Å². The SMILES string of the molecule is CN(C)c1ncccc1C(C)(N)C(F)F. The molecule has 5 heteroatoms. The number of hydrogen-bond acceptors (Lipinski definition) is 3. The highest BCUT2D eigenvalue weighted by Crippen LogP contribution is 2.30. The van der Waals surface area contributed by atoms with Crippen molar-refractivity contribution >= 4 is 5.82 Å². The van der Waals surface area contributed by atoms with Crippen molar-refractivity contribution in [2.45, 2.75) is 18.9 Å². The molecule has 2 N–H and O–H groups in total. The highest BCUT2D eigenvalue weighted by molar-refractivity contribution is 5.49. The summed E-state index contributed by atoms with van der Waals surface area (Å²) in [6.45, 7) is 1.31. The Hall–Kier alpha value is -1.23. The summed E-state index contributed by atoms with van der Waals surface area (Å²) in [6.07, 6.45) is -1.07. The first-order chi connectivity index (χ1) is 6.87. The van der Waals surface area contributed by atoms with Crippen LogP contribution in [0.5, 0.6) is 0 Å². The fourth-order valence-electron chi connectivity index (χ4n) is 1.29. The molecule has 0 aliphatic heterocycles. The van der Waals surface area contributed by atoms with E-state index in [1.54, 1.807) is 37.3 Å². The van der Waals surface area contributed by atoms with Gasteiger partial charge in [-0.15, -0.1) is 0 Å². The van der Waals surface area contributed by atoms with Crippen molar-refractivity contribution in [1.29, 1.82) is 0 Å². The van der Waals surface area contributed by atoms with Gasteiger partial charge in [0.15, 0.2) is 0 Å². The lowest BCUT2D eigenvalue weighted by Crippen LogP contribution is -2.41. The number of nitrogens with zero attached hydrogens (tertiary/aromatic N) is 2. The van der Waals surface area contributed by atoms with Gasteiger partial charge in [0.05, 0.1) is 0 Å². The Kier molecular flexibility index (Phi) is 3.24. The van der Waals surface area contributed by atoms with Gasteiger partial charge < -0.3 is 10.6 Å². The van der Waals surface area contributed by atoms with Crippen LogP contribution in [0.25, 0.3) is 0 Å². The number of anilines is 1. The van der Waals surface area contributed by atoms with Gasteiger partial charge in [-0.2, -0.15) is 0 Å². The minimum absolute atomic E-state index is 0.352. The lowest BCUT2D eigenvalue weighted by Gasteiger charge is -2.28. The van der Waals surface area contributed by atoms with E-state index in [-0.39, 0.29) is 0 Å². The number of halogens is 2. The molecule has 0 aromatic carbocycles. The van der Waals surface area contributed by atoms with Crippen LogP contribution in [0.2, 0.25) is 0 Å². The third-order valence-electron chi connectivity index (χ3n) is 2.24. The largest absolute Gasteiger partial charge is 0.362 e. The fourth-order valence-corrected chi connectivity index (χ4v) is 1.29. The first-order valence-electron chi connectivity index (χ1n) is 4.57. The molecule has 0 amide bonds. The quantitative estimate of drug-likeness (QED) is 0.832. The molecule has 15 heavy (non-hydrogen) atoms. The summed E-state index contributed by atoms with van der Waals surface area (Å²) in [7, 11) is 3.49. The Morgan fingerprint density at radius 2 is 2.07 bits per heavy atom. The molecule has 1 unspecified atom stereocenters. The summed E-state index contributed by atoms with van der Waals surface area (Å²) < 4.78 is 25.5. The van der Waals surface area contributed by atoms with Gasteiger partial charge in [-0.3, -0.25) is 0 Å². The summed E-state index contributed by atoms with van der Waals surface area (Å²) in [6, 6.07) is 3.18. The molecule has 0 radical (unpaired) electrons. The van der Waals surface area contributed by atoms with Crippen LogP contribution >= 0.6 is 0 Å². The normalized spacial score (nSPS) is 15.1. The number of nitrogens with two attached hydrogens (primary N) is 1. The van der Waals surface area contributed by atoms with Gasteiger partial charge in [-0.05, 0) is 13.0 Å². The Balaban J connectivity index is 3.24. The zero-order valence-corrected chi connectivity index (χ0v) is 9.04. The van der Waals surface area contributed by atoms with E-state index in [9.17, 15) is 8.78 Å². The Bertz CT molecular complexity index is 337. The monoisotopic (exact) mass is 215 g/mol. The van der Waals surface area contributed by atoms with Gasteiger partial charge in [0.25, 0.3) is 6.43 Å². The average Bonchev–Trinajstić information content (AvgIpc) is 2.17. The van der Waals surface area contributed by atoms with E-state index in [0.29, 0.717) is 11.4 Å². The molecule has 1 aromatic heterocycles. The molecule has 0 saturated carbocycles. The van der Waals surface area contributed by atoms with Gasteiger partial charge in [-0.25, -0.2) is 13.8 Å². The molecule has 1 heterocycles. The van der Waals surface area contributed by atoms with Crippen molar-refractivity contribution < 1.29 is 8.78 Å². The molecule has 0 fully saturated rings. The third-order valence-corrected chi connectivity index (χ3v) is 2.24. The lowest BCUT2D eigenvalue weighted by atomic mass is 9.94. The summed E-state index contributed by atoms with van der Waals surface area (Å²) in [5.41, 5.74) is 4.28. The van der Waals surface area contributed by atoms with Crippen molar-refractivity contribution in [3.8, 4) is 0 Å². The van der Waals surface area contributed by atoms with Crippen LogP contribution in [0.15, 0.2) is 18.3 Å². The molecule has 1 rings (SSSR count). The van der Waals surface area contributed by atoms with E-state index in [0.717, 1.165) is 0 Å². The number of pyridine rings is 1. The second kappa shape index (κ2) is 4.10. The first kappa shape index (κ1) is 11.8. The fraction of sp³-hybridized carbons (Fsp3) is 0.500. The molecule has 1 aromatic rings. The topological polar surface area (TPSA) is 42.2 Å². The van der Waals surface area contributed by atoms with Gasteiger partial charge in [0.2, 0.25) is 0 Å². The number of hydrogen-bond donors (Lipinski definition) is 1. The molecule has 0 bridgehead atoms. The molecule has 0 saturated heterocycles. The highest BCUT2D eigenvalue weighted by atomic mass is 19.3. The number of rotatable bonds is 3. The zero-order valence-electron chi connectivity index (χ0n) is 9.04. The Labute approximate surface area is 87.9 Å². The van der Waals surface area contributed by atoms with E-state index >= 15 is 0 Å². The Morgan fingerprint density at radius 3 is 2.53 bits per heavy atom. The molecule has 84 valence electrons. The minimum atomic E-state index is -2.62. The predicted molar refractivity (Wildman–Crippen MR) is 56.1 cm³/mol. The molecular formula is C10H15F2N3. The summed E-state index contributed by atoms with van der Waals surface area (Å²) in [5.74, 6) is 0.475. The van der Waals surface area contributed by atoms with Gasteiger partial charge in [-0.1, -0.05) is 6.07 Å². The van der Waals surface area contributed by atoms with Crippen molar-refractivity contribution in [3.63, 3.8) is 0 Å². The lowest BCUT2D eigenvalue weighted by molar-refractivity contribution is 0.0626. The maximum absolute atomic E-state index is 12.8. The van der Waals surface area contributed by atoms with Crippen LogP contribution in [0.3, 0.4) is 0 Å². The summed E-state index contributed by atoms with van der Waals surface area (Å²) in [4.78, 5) is 5.71. The summed E-state index contributed by atoms with van der Waals surface area (Å²) >= 11 is 0. The standard InChI is InChI=1S/C10H15F2N3/c1-10(13,9(11)12)7-5-4-6-14-8(7)15(2)3/h4-6,9H,13H2,1-3H3. The Morgan fingerprint density at radius 1 is 1.47 bits per heavy atom. The van der Waals surface area contributed by atoms with E-state index in [1.807, 2.05) is 0 Å². The van der Waals surface area contributed by atoms with Crippen LogP contribution < -0.4 is 10.6 Å². The van der Waals surface area contributed by atoms with E-state index in [2.05, 4.69) is 4.98 Å². The van der Waals surface area contributed by atoms with Gasteiger partial charge in [0.1, 0.15) is 11.4 Å². The minimum Gasteiger partial charge on any atom is -0.362 e.